The molecule has 14 heavy (non-hydrogen) atoms. The Morgan fingerprint density at radius 2 is 1.86 bits per heavy atom. The summed E-state index contributed by atoms with van der Waals surface area (Å²) in [6.07, 6.45) is 4.78. The smallest absolute Gasteiger partial charge is 0.0257 e. The van der Waals surface area contributed by atoms with Crippen molar-refractivity contribution >= 4 is 6.08 Å². The fourth-order valence-corrected chi connectivity index (χ4v) is 1.58. The van der Waals surface area contributed by atoms with E-state index >= 15 is 0 Å². The minimum absolute atomic E-state index is 0.662. The number of rotatable bonds is 4. The van der Waals surface area contributed by atoms with E-state index < -0.39 is 0 Å². The summed E-state index contributed by atoms with van der Waals surface area (Å²) in [6, 6.07) is 10.6. The van der Waals surface area contributed by atoms with Gasteiger partial charge in [-0.1, -0.05) is 69.2 Å². The molecule has 0 spiro atoms. The summed E-state index contributed by atoms with van der Waals surface area (Å²) >= 11 is 0. The number of hydrogen-bond acceptors (Lipinski definition) is 0. The lowest BCUT2D eigenvalue weighted by Gasteiger charge is -2.10. The molecule has 0 heterocycles. The van der Waals surface area contributed by atoms with E-state index in [4.69, 9.17) is 0 Å². The van der Waals surface area contributed by atoms with Gasteiger partial charge in [0.05, 0.1) is 0 Å². The fourth-order valence-electron chi connectivity index (χ4n) is 1.58. The van der Waals surface area contributed by atoms with Crippen molar-refractivity contribution in [1.29, 1.82) is 0 Å². The first-order chi connectivity index (χ1) is 6.74. The van der Waals surface area contributed by atoms with Gasteiger partial charge in [0.25, 0.3) is 0 Å². The Morgan fingerprint density at radius 1 is 1.21 bits per heavy atom. The standard InChI is InChI=1S/C14H20/c1-4-8-14(12(2)3)11-13-9-6-5-7-10-13/h5-7,9-12H,4,8H2,1-3H3. The van der Waals surface area contributed by atoms with Crippen LogP contribution in [0.25, 0.3) is 6.08 Å². The molecule has 0 fully saturated rings. The Bertz CT molecular complexity index is 280. The van der Waals surface area contributed by atoms with Crippen molar-refractivity contribution in [3.8, 4) is 0 Å². The lowest BCUT2D eigenvalue weighted by atomic mass is 9.96. The highest BCUT2D eigenvalue weighted by molar-refractivity contribution is 5.52. The highest BCUT2D eigenvalue weighted by atomic mass is 14.1. The van der Waals surface area contributed by atoms with E-state index in [2.05, 4.69) is 57.2 Å². The number of allylic oxidation sites excluding steroid dienone is 1. The molecule has 0 aliphatic heterocycles. The molecule has 0 aliphatic rings. The zero-order valence-electron chi connectivity index (χ0n) is 9.46. The lowest BCUT2D eigenvalue weighted by molar-refractivity contribution is 0.708. The Labute approximate surface area is 87.7 Å². The highest BCUT2D eigenvalue weighted by Gasteiger charge is 2.01. The first kappa shape index (κ1) is 11.0. The predicted molar refractivity (Wildman–Crippen MR) is 64.2 cm³/mol. The molecule has 0 bridgehead atoms. The van der Waals surface area contributed by atoms with Crippen molar-refractivity contribution in [2.45, 2.75) is 33.6 Å². The Kier molecular flexibility index (Phi) is 4.45. The molecular weight excluding hydrogens is 168 g/mol. The van der Waals surface area contributed by atoms with Gasteiger partial charge in [-0.3, -0.25) is 0 Å². The Morgan fingerprint density at radius 3 is 2.36 bits per heavy atom. The van der Waals surface area contributed by atoms with Crippen LogP contribution >= 0.6 is 0 Å². The van der Waals surface area contributed by atoms with Gasteiger partial charge in [0.2, 0.25) is 0 Å². The minimum atomic E-state index is 0.662. The van der Waals surface area contributed by atoms with Gasteiger partial charge >= 0.3 is 0 Å². The predicted octanol–water partition coefficient (Wildman–Crippen LogP) is 4.53. The van der Waals surface area contributed by atoms with Gasteiger partial charge in [0.15, 0.2) is 0 Å². The summed E-state index contributed by atoms with van der Waals surface area (Å²) in [5, 5.41) is 0. The maximum absolute atomic E-state index is 2.33. The average molecular weight is 188 g/mol. The van der Waals surface area contributed by atoms with Crippen molar-refractivity contribution in [2.24, 2.45) is 5.92 Å². The third-order valence-electron chi connectivity index (χ3n) is 2.43. The molecule has 0 aliphatic carbocycles. The zero-order valence-corrected chi connectivity index (χ0v) is 9.46. The van der Waals surface area contributed by atoms with Crippen molar-refractivity contribution in [1.82, 2.24) is 0 Å². The lowest BCUT2D eigenvalue weighted by Crippen LogP contribution is -1.93. The molecule has 0 saturated carbocycles. The molecule has 0 nitrogen and oxygen atoms in total. The quantitative estimate of drug-likeness (QED) is 0.651. The molecule has 76 valence electrons. The summed E-state index contributed by atoms with van der Waals surface area (Å²) in [6.45, 7) is 6.77. The van der Waals surface area contributed by atoms with Crippen LogP contribution in [0.4, 0.5) is 0 Å². The van der Waals surface area contributed by atoms with Crippen LogP contribution in [0.1, 0.15) is 39.2 Å². The molecule has 0 radical (unpaired) electrons. The third kappa shape index (κ3) is 3.37. The molecule has 1 aromatic rings. The summed E-state index contributed by atoms with van der Waals surface area (Å²) in [5.41, 5.74) is 2.88. The van der Waals surface area contributed by atoms with Crippen LogP contribution in [0.3, 0.4) is 0 Å². The first-order valence-corrected chi connectivity index (χ1v) is 5.49. The first-order valence-electron chi connectivity index (χ1n) is 5.49. The van der Waals surface area contributed by atoms with E-state index in [1.54, 1.807) is 5.57 Å². The van der Waals surface area contributed by atoms with Gasteiger partial charge in [-0.25, -0.2) is 0 Å². The Hall–Kier alpha value is -1.04. The van der Waals surface area contributed by atoms with Gasteiger partial charge in [-0.05, 0) is 17.9 Å². The molecule has 0 atom stereocenters. The molecule has 0 N–H and O–H groups in total. The van der Waals surface area contributed by atoms with Crippen LogP contribution in [0.5, 0.6) is 0 Å². The van der Waals surface area contributed by atoms with Crippen LogP contribution in [0.2, 0.25) is 0 Å². The molecule has 1 rings (SSSR count). The largest absolute Gasteiger partial charge is 0.0671 e. The average Bonchev–Trinajstić information content (AvgIpc) is 2.18. The van der Waals surface area contributed by atoms with Gasteiger partial charge in [-0.2, -0.15) is 0 Å². The van der Waals surface area contributed by atoms with Crippen molar-refractivity contribution in [3.63, 3.8) is 0 Å². The monoisotopic (exact) mass is 188 g/mol. The second kappa shape index (κ2) is 5.64. The van der Waals surface area contributed by atoms with E-state index in [9.17, 15) is 0 Å². The summed E-state index contributed by atoms with van der Waals surface area (Å²) in [4.78, 5) is 0. The van der Waals surface area contributed by atoms with Crippen LogP contribution < -0.4 is 0 Å². The van der Waals surface area contributed by atoms with E-state index in [1.165, 1.54) is 18.4 Å². The molecule has 0 amide bonds. The van der Waals surface area contributed by atoms with E-state index in [0.29, 0.717) is 5.92 Å². The maximum atomic E-state index is 2.33. The van der Waals surface area contributed by atoms with Crippen LogP contribution in [0, 0.1) is 5.92 Å². The summed E-state index contributed by atoms with van der Waals surface area (Å²) in [7, 11) is 0. The number of hydrogen-bond donors (Lipinski definition) is 0. The third-order valence-corrected chi connectivity index (χ3v) is 2.43. The molecule has 0 heteroatoms. The van der Waals surface area contributed by atoms with Crippen LogP contribution in [-0.4, -0.2) is 0 Å². The van der Waals surface area contributed by atoms with Crippen molar-refractivity contribution in [2.75, 3.05) is 0 Å². The SMILES string of the molecule is CCCC(=Cc1ccccc1)C(C)C. The highest BCUT2D eigenvalue weighted by Crippen LogP contribution is 2.19. The second-order valence-electron chi connectivity index (χ2n) is 4.03. The van der Waals surface area contributed by atoms with Gasteiger partial charge < -0.3 is 0 Å². The van der Waals surface area contributed by atoms with Crippen LogP contribution in [-0.2, 0) is 0 Å². The topological polar surface area (TPSA) is 0 Å². The van der Waals surface area contributed by atoms with Gasteiger partial charge in [0, 0.05) is 0 Å². The molecule has 0 saturated heterocycles. The van der Waals surface area contributed by atoms with Crippen molar-refractivity contribution in [3.05, 3.63) is 41.5 Å². The molecular formula is C14H20. The van der Waals surface area contributed by atoms with Gasteiger partial charge in [-0.15, -0.1) is 0 Å². The minimum Gasteiger partial charge on any atom is -0.0671 e. The summed E-state index contributed by atoms with van der Waals surface area (Å²) < 4.78 is 0. The van der Waals surface area contributed by atoms with Gasteiger partial charge in [0.1, 0.15) is 0 Å². The molecule has 0 aromatic heterocycles. The fraction of sp³-hybridized carbons (Fsp3) is 0.429. The van der Waals surface area contributed by atoms with Crippen LogP contribution in [0.15, 0.2) is 35.9 Å². The zero-order chi connectivity index (χ0) is 10.4. The molecule has 1 aromatic carbocycles. The van der Waals surface area contributed by atoms with E-state index in [-0.39, 0.29) is 0 Å². The Balaban J connectivity index is 2.82. The summed E-state index contributed by atoms with van der Waals surface area (Å²) in [5.74, 6) is 0.662. The van der Waals surface area contributed by atoms with Crippen molar-refractivity contribution < 1.29 is 0 Å². The van der Waals surface area contributed by atoms with E-state index in [0.717, 1.165) is 0 Å². The maximum Gasteiger partial charge on any atom is -0.0257 e. The second-order valence-corrected chi connectivity index (χ2v) is 4.03. The van der Waals surface area contributed by atoms with E-state index in [1.807, 2.05) is 0 Å². The molecule has 0 unspecified atom stereocenters. The number of benzene rings is 1. The normalized spacial score (nSPS) is 12.1.